The van der Waals surface area contributed by atoms with Crippen LogP contribution in [0, 0.1) is 0 Å². The van der Waals surface area contributed by atoms with E-state index in [0.29, 0.717) is 43.0 Å². The smallest absolute Gasteiger partial charge is 0.234 e. The van der Waals surface area contributed by atoms with E-state index in [0.717, 1.165) is 0 Å². The maximum Gasteiger partial charge on any atom is 0.234 e. The number of methoxy groups -OCH3 is 1. The summed E-state index contributed by atoms with van der Waals surface area (Å²) in [7, 11) is 3.38. The van der Waals surface area contributed by atoms with Gasteiger partial charge < -0.3 is 14.6 Å². The molecule has 0 spiro atoms. The van der Waals surface area contributed by atoms with E-state index in [2.05, 4.69) is 15.5 Å². The number of nitrogens with zero attached hydrogens (tertiary/aromatic N) is 3. The van der Waals surface area contributed by atoms with Crippen molar-refractivity contribution in [3.63, 3.8) is 0 Å². The minimum Gasteiger partial charge on any atom is -0.496 e. The average molecular weight is 458 g/mol. The van der Waals surface area contributed by atoms with Gasteiger partial charge in [0.25, 0.3) is 0 Å². The molecule has 0 saturated heterocycles. The van der Waals surface area contributed by atoms with Crippen molar-refractivity contribution in [3.8, 4) is 17.1 Å². The molecule has 1 aromatic heterocycles. The number of carbonyl (C=O) groups is 1. The van der Waals surface area contributed by atoms with Gasteiger partial charge in [-0.25, -0.2) is 0 Å². The molecule has 0 aliphatic heterocycles. The summed E-state index contributed by atoms with van der Waals surface area (Å²) in [5, 5.41) is 13.0. The second kappa shape index (κ2) is 9.05. The number of hydrogen-bond donors (Lipinski definition) is 1. The van der Waals surface area contributed by atoms with Crippen molar-refractivity contribution in [3.05, 3.63) is 51.5 Å². The Bertz CT molecular complexity index is 1010. The molecule has 3 aromatic rings. The Kier molecular flexibility index (Phi) is 6.72. The van der Waals surface area contributed by atoms with Gasteiger partial charge in [0.05, 0.1) is 34.2 Å². The zero-order valence-electron chi connectivity index (χ0n) is 14.9. The molecule has 1 amide bonds. The first kappa shape index (κ1) is 20.8. The van der Waals surface area contributed by atoms with Crippen LogP contribution in [0.2, 0.25) is 15.1 Å². The number of benzene rings is 2. The highest BCUT2D eigenvalue weighted by molar-refractivity contribution is 7.99. The molecular weight excluding hydrogens is 443 g/mol. The average Bonchev–Trinajstić information content (AvgIpc) is 3.03. The molecule has 0 atom stereocenters. The Hall–Kier alpha value is -1.93. The summed E-state index contributed by atoms with van der Waals surface area (Å²) in [6.45, 7) is 0. The molecule has 6 nitrogen and oxygen atoms in total. The Balaban J connectivity index is 1.73. The molecule has 0 saturated carbocycles. The third kappa shape index (κ3) is 4.55. The van der Waals surface area contributed by atoms with E-state index >= 15 is 0 Å². The van der Waals surface area contributed by atoms with Crippen molar-refractivity contribution < 1.29 is 9.53 Å². The topological polar surface area (TPSA) is 69.0 Å². The van der Waals surface area contributed by atoms with E-state index in [1.54, 1.807) is 55.1 Å². The van der Waals surface area contributed by atoms with Gasteiger partial charge in [0, 0.05) is 12.1 Å². The molecule has 28 heavy (non-hydrogen) atoms. The number of halogens is 3. The summed E-state index contributed by atoms with van der Waals surface area (Å²) in [4.78, 5) is 12.3. The molecular formula is C18H15Cl3N4O2S. The van der Waals surface area contributed by atoms with Gasteiger partial charge in [0.1, 0.15) is 5.75 Å². The van der Waals surface area contributed by atoms with E-state index in [1.165, 1.54) is 11.8 Å². The van der Waals surface area contributed by atoms with Crippen molar-refractivity contribution in [2.75, 3.05) is 18.2 Å². The summed E-state index contributed by atoms with van der Waals surface area (Å²) < 4.78 is 7.14. The zero-order chi connectivity index (χ0) is 20.3. The lowest BCUT2D eigenvalue weighted by Gasteiger charge is -2.10. The lowest BCUT2D eigenvalue weighted by Crippen LogP contribution is -2.15. The molecule has 0 aliphatic rings. The number of carbonyl (C=O) groups excluding carboxylic acids is 1. The van der Waals surface area contributed by atoms with Crippen LogP contribution < -0.4 is 10.1 Å². The van der Waals surface area contributed by atoms with Crippen LogP contribution in [0.25, 0.3) is 11.4 Å². The van der Waals surface area contributed by atoms with Crippen LogP contribution in [-0.2, 0) is 11.8 Å². The highest BCUT2D eigenvalue weighted by Crippen LogP contribution is 2.33. The number of para-hydroxylation sites is 1. The predicted octanol–water partition coefficient (Wildman–Crippen LogP) is 5.18. The number of thioether (sulfide) groups is 1. The quantitative estimate of drug-likeness (QED) is 0.516. The zero-order valence-corrected chi connectivity index (χ0v) is 18.0. The summed E-state index contributed by atoms with van der Waals surface area (Å²) >= 11 is 19.5. The number of amides is 1. The molecule has 10 heteroatoms. The van der Waals surface area contributed by atoms with Crippen LogP contribution in [0.3, 0.4) is 0 Å². The summed E-state index contributed by atoms with van der Waals surface area (Å²) in [5.74, 6) is 1.06. The number of hydrogen-bond acceptors (Lipinski definition) is 5. The van der Waals surface area contributed by atoms with Gasteiger partial charge in [0.2, 0.25) is 5.91 Å². The standard InChI is InChI=1S/C18H15Cl3N4O2S/c1-25-17(11-8-10(19)6-7-14(11)27-2)23-24-18(25)28-9-15(26)22-16-12(20)4-3-5-13(16)21/h3-8H,9H2,1-2H3,(H,22,26). The predicted molar refractivity (Wildman–Crippen MR) is 114 cm³/mol. The number of ether oxygens (including phenoxy) is 1. The van der Waals surface area contributed by atoms with Crippen LogP contribution in [0.1, 0.15) is 0 Å². The van der Waals surface area contributed by atoms with Crippen molar-refractivity contribution in [1.29, 1.82) is 0 Å². The minimum atomic E-state index is -0.259. The van der Waals surface area contributed by atoms with Crippen LogP contribution in [-0.4, -0.2) is 33.5 Å². The Morgan fingerprint density at radius 1 is 1.18 bits per heavy atom. The number of nitrogens with one attached hydrogen (secondary N) is 1. The van der Waals surface area contributed by atoms with Gasteiger partial charge in [-0.3, -0.25) is 4.79 Å². The molecule has 1 N–H and O–H groups in total. The maximum absolute atomic E-state index is 12.3. The third-order valence-electron chi connectivity index (χ3n) is 3.80. The maximum atomic E-state index is 12.3. The number of aromatic nitrogens is 3. The lowest BCUT2D eigenvalue weighted by atomic mass is 10.2. The van der Waals surface area contributed by atoms with Crippen LogP contribution in [0.5, 0.6) is 5.75 Å². The van der Waals surface area contributed by atoms with Crippen molar-refractivity contribution in [2.45, 2.75) is 5.16 Å². The molecule has 3 rings (SSSR count). The largest absolute Gasteiger partial charge is 0.496 e. The Morgan fingerprint density at radius 2 is 1.89 bits per heavy atom. The highest BCUT2D eigenvalue weighted by atomic mass is 35.5. The van der Waals surface area contributed by atoms with Gasteiger partial charge >= 0.3 is 0 Å². The van der Waals surface area contributed by atoms with E-state index in [9.17, 15) is 4.79 Å². The monoisotopic (exact) mass is 456 g/mol. The van der Waals surface area contributed by atoms with E-state index in [1.807, 2.05) is 0 Å². The van der Waals surface area contributed by atoms with E-state index < -0.39 is 0 Å². The molecule has 2 aromatic carbocycles. The molecule has 0 bridgehead atoms. The summed E-state index contributed by atoms with van der Waals surface area (Å²) in [6.07, 6.45) is 0. The molecule has 1 heterocycles. The first-order valence-corrected chi connectivity index (χ1v) is 10.1. The fourth-order valence-corrected chi connectivity index (χ4v) is 3.83. The van der Waals surface area contributed by atoms with Crippen LogP contribution >= 0.6 is 46.6 Å². The van der Waals surface area contributed by atoms with Gasteiger partial charge in [-0.2, -0.15) is 0 Å². The van der Waals surface area contributed by atoms with Crippen molar-refractivity contribution >= 4 is 58.2 Å². The first-order chi connectivity index (χ1) is 13.4. The molecule has 0 radical (unpaired) electrons. The van der Waals surface area contributed by atoms with Crippen LogP contribution in [0.4, 0.5) is 5.69 Å². The fourth-order valence-electron chi connectivity index (χ4n) is 2.45. The Morgan fingerprint density at radius 3 is 2.57 bits per heavy atom. The van der Waals surface area contributed by atoms with E-state index in [4.69, 9.17) is 39.5 Å². The molecule has 0 aliphatic carbocycles. The fraction of sp³-hybridized carbons (Fsp3) is 0.167. The number of anilines is 1. The molecule has 0 unspecified atom stereocenters. The highest BCUT2D eigenvalue weighted by Gasteiger charge is 2.17. The van der Waals surface area contributed by atoms with Gasteiger partial charge in [-0.1, -0.05) is 52.6 Å². The SMILES string of the molecule is COc1ccc(Cl)cc1-c1nnc(SCC(=O)Nc2c(Cl)cccc2Cl)n1C. The van der Waals surface area contributed by atoms with Crippen molar-refractivity contribution in [1.82, 2.24) is 14.8 Å². The van der Waals surface area contributed by atoms with Gasteiger partial charge in [-0.15, -0.1) is 10.2 Å². The molecule has 146 valence electrons. The van der Waals surface area contributed by atoms with Gasteiger partial charge in [-0.05, 0) is 30.3 Å². The normalized spacial score (nSPS) is 10.8. The van der Waals surface area contributed by atoms with Crippen molar-refractivity contribution in [2.24, 2.45) is 7.05 Å². The minimum absolute atomic E-state index is 0.111. The Labute approximate surface area is 181 Å². The lowest BCUT2D eigenvalue weighted by molar-refractivity contribution is -0.113. The second-order valence-corrected chi connectivity index (χ2v) is 7.84. The molecule has 0 fully saturated rings. The third-order valence-corrected chi connectivity index (χ3v) is 5.68. The number of rotatable bonds is 6. The van der Waals surface area contributed by atoms with Gasteiger partial charge in [0.15, 0.2) is 11.0 Å². The summed E-state index contributed by atoms with van der Waals surface area (Å²) in [5.41, 5.74) is 1.10. The second-order valence-electron chi connectivity index (χ2n) is 5.64. The van der Waals surface area contributed by atoms with Crippen LogP contribution in [0.15, 0.2) is 41.6 Å². The van der Waals surface area contributed by atoms with E-state index in [-0.39, 0.29) is 11.7 Å². The summed E-state index contributed by atoms with van der Waals surface area (Å²) in [6, 6.07) is 10.3. The first-order valence-electron chi connectivity index (χ1n) is 8.00.